The van der Waals surface area contributed by atoms with E-state index in [-0.39, 0.29) is 44.0 Å². The summed E-state index contributed by atoms with van der Waals surface area (Å²) in [4.78, 5) is 52.7. The minimum atomic E-state index is -0.770. The van der Waals surface area contributed by atoms with E-state index in [0.717, 1.165) is 51.4 Å². The van der Waals surface area contributed by atoms with Gasteiger partial charge >= 0.3 is 23.9 Å². The predicted octanol–water partition coefficient (Wildman–Crippen LogP) is 8.84. The highest BCUT2D eigenvalue weighted by Crippen LogP contribution is 2.32. The Labute approximate surface area is 286 Å². The molecule has 1 aliphatic carbocycles. The molecule has 1 unspecified atom stereocenters. The summed E-state index contributed by atoms with van der Waals surface area (Å²) in [5, 5.41) is 0. The molecule has 48 heavy (non-hydrogen) atoms. The van der Waals surface area contributed by atoms with E-state index in [1.54, 1.807) is 24.3 Å². The van der Waals surface area contributed by atoms with Crippen LogP contribution in [-0.4, -0.2) is 50.3 Å². The summed E-state index contributed by atoms with van der Waals surface area (Å²) in [6, 6.07) is 4.63. The Kier molecular flexibility index (Phi) is 19.7. The van der Waals surface area contributed by atoms with Gasteiger partial charge in [-0.2, -0.15) is 0 Å². The maximum Gasteiger partial charge on any atom is 0.338 e. The lowest BCUT2D eigenvalue weighted by molar-refractivity contribution is -0.147. The SMILES string of the molecule is C=CCCCCOC(=O)C1=CC(c2cc(C(=O)OCCCCC=C)cc(C(=O)OCCCCC=C)c2)=CC(C(=O)OCCCCC=C)C1. The van der Waals surface area contributed by atoms with Crippen molar-refractivity contribution in [2.45, 2.75) is 83.5 Å². The van der Waals surface area contributed by atoms with Gasteiger partial charge in [-0.25, -0.2) is 14.4 Å². The van der Waals surface area contributed by atoms with Gasteiger partial charge in [0.2, 0.25) is 0 Å². The summed E-state index contributed by atoms with van der Waals surface area (Å²) >= 11 is 0. The number of hydrogen-bond acceptors (Lipinski definition) is 8. The van der Waals surface area contributed by atoms with E-state index in [9.17, 15) is 19.2 Å². The lowest BCUT2D eigenvalue weighted by atomic mass is 9.86. The van der Waals surface area contributed by atoms with Crippen molar-refractivity contribution in [2.24, 2.45) is 5.92 Å². The normalized spacial score (nSPS) is 13.7. The summed E-state index contributed by atoms with van der Waals surface area (Å²) in [6.45, 7) is 15.8. The van der Waals surface area contributed by atoms with Crippen LogP contribution < -0.4 is 0 Å². The maximum absolute atomic E-state index is 13.2. The van der Waals surface area contributed by atoms with Gasteiger partial charge < -0.3 is 18.9 Å². The van der Waals surface area contributed by atoms with Gasteiger partial charge in [-0.05, 0) is 119 Å². The fourth-order valence-corrected chi connectivity index (χ4v) is 4.91. The third-order valence-corrected chi connectivity index (χ3v) is 7.61. The summed E-state index contributed by atoms with van der Waals surface area (Å²) in [7, 11) is 0. The molecule has 1 aliphatic rings. The number of rotatable bonds is 25. The van der Waals surface area contributed by atoms with E-state index in [4.69, 9.17) is 18.9 Å². The highest BCUT2D eigenvalue weighted by molar-refractivity contribution is 6.00. The molecule has 0 saturated carbocycles. The molecule has 0 saturated heterocycles. The zero-order valence-electron chi connectivity index (χ0n) is 28.4. The molecule has 2 rings (SSSR count). The molecule has 1 aromatic rings. The van der Waals surface area contributed by atoms with E-state index >= 15 is 0 Å². The van der Waals surface area contributed by atoms with E-state index in [1.165, 1.54) is 6.07 Å². The van der Waals surface area contributed by atoms with Crippen LogP contribution in [0.2, 0.25) is 0 Å². The molecule has 0 N–H and O–H groups in total. The maximum atomic E-state index is 13.2. The number of carbonyl (C=O) groups excluding carboxylic acids is 4. The molecule has 260 valence electrons. The molecule has 0 fully saturated rings. The van der Waals surface area contributed by atoms with E-state index in [2.05, 4.69) is 26.3 Å². The first-order valence-electron chi connectivity index (χ1n) is 17.0. The fourth-order valence-electron chi connectivity index (χ4n) is 4.91. The van der Waals surface area contributed by atoms with E-state index in [1.807, 2.05) is 24.3 Å². The zero-order chi connectivity index (χ0) is 35.0. The average molecular weight is 661 g/mol. The molecule has 8 heteroatoms. The second-order valence-electron chi connectivity index (χ2n) is 11.6. The highest BCUT2D eigenvalue weighted by Gasteiger charge is 2.28. The topological polar surface area (TPSA) is 105 Å². The Morgan fingerprint density at radius 3 is 1.44 bits per heavy atom. The van der Waals surface area contributed by atoms with Crippen LogP contribution in [0.25, 0.3) is 5.57 Å². The molecular weight excluding hydrogens is 608 g/mol. The van der Waals surface area contributed by atoms with Crippen molar-refractivity contribution in [3.63, 3.8) is 0 Å². The number of unbranched alkanes of at least 4 members (excludes halogenated alkanes) is 8. The van der Waals surface area contributed by atoms with Gasteiger partial charge in [-0.3, -0.25) is 4.79 Å². The summed E-state index contributed by atoms with van der Waals surface area (Å²) in [6.07, 6.45) is 20.0. The van der Waals surface area contributed by atoms with Crippen LogP contribution in [0, 0.1) is 5.92 Å². The van der Waals surface area contributed by atoms with Gasteiger partial charge in [-0.15, -0.1) is 26.3 Å². The monoisotopic (exact) mass is 660 g/mol. The van der Waals surface area contributed by atoms with Crippen LogP contribution in [0.4, 0.5) is 0 Å². The van der Waals surface area contributed by atoms with Crippen molar-refractivity contribution in [3.05, 3.63) is 103 Å². The minimum Gasteiger partial charge on any atom is -0.465 e. The number of allylic oxidation sites excluding steroid dienone is 6. The summed E-state index contributed by atoms with van der Waals surface area (Å²) in [5.74, 6) is -2.95. The smallest absolute Gasteiger partial charge is 0.338 e. The van der Waals surface area contributed by atoms with E-state index < -0.39 is 29.8 Å². The fraction of sp³-hybridized carbons (Fsp3) is 0.450. The van der Waals surface area contributed by atoms with Crippen molar-refractivity contribution < 1.29 is 38.1 Å². The number of carbonyl (C=O) groups is 4. The van der Waals surface area contributed by atoms with Crippen molar-refractivity contribution in [1.29, 1.82) is 0 Å². The van der Waals surface area contributed by atoms with Gasteiger partial charge in [0.15, 0.2) is 0 Å². The Morgan fingerprint density at radius 1 is 0.583 bits per heavy atom. The van der Waals surface area contributed by atoms with Crippen LogP contribution in [0.15, 0.2) is 86.5 Å². The van der Waals surface area contributed by atoms with Gasteiger partial charge in [0, 0.05) is 5.57 Å². The number of ether oxygens (including phenoxy) is 4. The van der Waals surface area contributed by atoms with Gasteiger partial charge in [0.05, 0.1) is 43.5 Å². The van der Waals surface area contributed by atoms with Crippen LogP contribution in [0.1, 0.15) is 110 Å². The van der Waals surface area contributed by atoms with Crippen molar-refractivity contribution in [3.8, 4) is 0 Å². The largest absolute Gasteiger partial charge is 0.465 e. The Bertz CT molecular complexity index is 1270. The molecule has 1 atom stereocenters. The average Bonchev–Trinajstić information content (AvgIpc) is 3.10. The Hall–Kier alpha value is -4.46. The van der Waals surface area contributed by atoms with Gasteiger partial charge in [0.25, 0.3) is 0 Å². The predicted molar refractivity (Wildman–Crippen MR) is 189 cm³/mol. The van der Waals surface area contributed by atoms with Crippen LogP contribution >= 0.6 is 0 Å². The van der Waals surface area contributed by atoms with Crippen LogP contribution in [0.5, 0.6) is 0 Å². The second kappa shape index (κ2) is 23.8. The first-order valence-corrected chi connectivity index (χ1v) is 17.0. The summed E-state index contributed by atoms with van der Waals surface area (Å²) in [5.41, 5.74) is 1.54. The molecule has 0 spiro atoms. The molecule has 0 amide bonds. The van der Waals surface area contributed by atoms with E-state index in [0.29, 0.717) is 42.4 Å². The van der Waals surface area contributed by atoms with Gasteiger partial charge in [0.1, 0.15) is 0 Å². The molecule has 1 aromatic carbocycles. The molecule has 0 aliphatic heterocycles. The van der Waals surface area contributed by atoms with Crippen molar-refractivity contribution >= 4 is 29.5 Å². The molecular formula is C40H52O8. The minimum absolute atomic E-state index is 0.104. The lowest BCUT2D eigenvalue weighted by Gasteiger charge is -2.21. The molecule has 0 radical (unpaired) electrons. The van der Waals surface area contributed by atoms with Crippen LogP contribution in [0.3, 0.4) is 0 Å². The number of esters is 4. The van der Waals surface area contributed by atoms with Crippen molar-refractivity contribution in [2.75, 3.05) is 26.4 Å². The molecule has 0 heterocycles. The third-order valence-electron chi connectivity index (χ3n) is 7.61. The molecule has 0 aromatic heterocycles. The summed E-state index contributed by atoms with van der Waals surface area (Å²) < 4.78 is 22.1. The second-order valence-corrected chi connectivity index (χ2v) is 11.6. The molecule has 0 bridgehead atoms. The van der Waals surface area contributed by atoms with Crippen LogP contribution in [-0.2, 0) is 28.5 Å². The first kappa shape index (κ1) is 39.7. The first-order chi connectivity index (χ1) is 23.3. The van der Waals surface area contributed by atoms with Gasteiger partial charge in [-0.1, -0.05) is 30.4 Å². The quantitative estimate of drug-likeness (QED) is 0.0443. The lowest BCUT2D eigenvalue weighted by Crippen LogP contribution is -2.23. The highest BCUT2D eigenvalue weighted by atomic mass is 16.5. The Morgan fingerprint density at radius 2 is 1.00 bits per heavy atom. The number of hydrogen-bond donors (Lipinski definition) is 0. The van der Waals surface area contributed by atoms with Crippen molar-refractivity contribution in [1.82, 2.24) is 0 Å². The zero-order valence-corrected chi connectivity index (χ0v) is 28.4. The number of benzene rings is 1. The Balaban J connectivity index is 2.42. The molecule has 8 nitrogen and oxygen atoms in total. The standard InChI is InChI=1S/C40H52O8/c1-5-9-13-17-21-45-37(41)33-25-31(26-34(29-33)38(42)46-22-18-14-10-6-2)32-27-35(39(43)47-23-19-15-11-7-3)30-36(28-32)40(44)48-24-20-16-12-8-4/h5-8,25-29,35H,1-4,9-24,30H2. The third kappa shape index (κ3) is 15.0.